The van der Waals surface area contributed by atoms with E-state index in [1.807, 2.05) is 23.9 Å². The quantitative estimate of drug-likeness (QED) is 0.703. The highest BCUT2D eigenvalue weighted by Gasteiger charge is 2.10. The molecule has 0 radical (unpaired) electrons. The van der Waals surface area contributed by atoms with E-state index in [0.29, 0.717) is 0 Å². The molecule has 0 amide bonds. The lowest BCUT2D eigenvalue weighted by Gasteiger charge is -1.98. The Kier molecular flexibility index (Phi) is 2.05. The van der Waals surface area contributed by atoms with E-state index >= 15 is 0 Å². The van der Waals surface area contributed by atoms with Crippen LogP contribution in [0.4, 0.5) is 0 Å². The average molecular weight is 230 g/mol. The lowest BCUT2D eigenvalue weighted by Crippen LogP contribution is -1.90. The summed E-state index contributed by atoms with van der Waals surface area (Å²) in [6.07, 6.45) is 1.87. The summed E-state index contributed by atoms with van der Waals surface area (Å²) in [5.74, 6) is 0. The van der Waals surface area contributed by atoms with Gasteiger partial charge in [0, 0.05) is 34.8 Å². The molecule has 74 valence electrons. The van der Waals surface area contributed by atoms with Crippen LogP contribution in [0.2, 0.25) is 0 Å². The molecule has 0 saturated carbocycles. The molecule has 0 spiro atoms. The number of hydrogen-bond acceptors (Lipinski definition) is 2. The molecule has 3 nitrogen and oxygen atoms in total. The SMILES string of the molecule is Cn1ccc2cc(S(=O)(=O)Cl)ccc21. The summed E-state index contributed by atoms with van der Waals surface area (Å²) in [6, 6.07) is 6.66. The van der Waals surface area contributed by atoms with Crippen molar-refractivity contribution in [2.24, 2.45) is 7.05 Å². The third-order valence-electron chi connectivity index (χ3n) is 2.14. The number of aromatic nitrogens is 1. The molecule has 1 aromatic carbocycles. The van der Waals surface area contributed by atoms with Crippen LogP contribution in [-0.4, -0.2) is 13.0 Å². The van der Waals surface area contributed by atoms with Crippen LogP contribution in [0.25, 0.3) is 10.9 Å². The van der Waals surface area contributed by atoms with E-state index in [0.717, 1.165) is 10.9 Å². The first-order chi connectivity index (χ1) is 6.48. The molecule has 2 rings (SSSR count). The Bertz CT molecular complexity index is 586. The van der Waals surface area contributed by atoms with Crippen molar-refractivity contribution in [2.45, 2.75) is 4.90 Å². The van der Waals surface area contributed by atoms with Gasteiger partial charge in [0.1, 0.15) is 0 Å². The zero-order valence-electron chi connectivity index (χ0n) is 7.44. The summed E-state index contributed by atoms with van der Waals surface area (Å²) >= 11 is 0. The summed E-state index contributed by atoms with van der Waals surface area (Å²) in [5, 5.41) is 0.870. The van der Waals surface area contributed by atoms with Gasteiger partial charge in [-0.1, -0.05) is 0 Å². The number of aryl methyl sites for hydroxylation is 1. The zero-order valence-corrected chi connectivity index (χ0v) is 9.01. The summed E-state index contributed by atoms with van der Waals surface area (Å²) in [5.41, 5.74) is 0.981. The van der Waals surface area contributed by atoms with Gasteiger partial charge in [0.15, 0.2) is 0 Å². The molecule has 0 N–H and O–H groups in total. The molecule has 1 heterocycles. The molecule has 0 aliphatic carbocycles. The molecular weight excluding hydrogens is 222 g/mol. The molecule has 5 heteroatoms. The first kappa shape index (κ1) is 9.55. The Morgan fingerprint density at radius 2 is 2.00 bits per heavy atom. The maximum absolute atomic E-state index is 11.0. The number of nitrogens with zero attached hydrogens (tertiary/aromatic N) is 1. The van der Waals surface area contributed by atoms with Crippen molar-refractivity contribution in [3.63, 3.8) is 0 Å². The van der Waals surface area contributed by atoms with Gasteiger partial charge in [-0.05, 0) is 24.3 Å². The molecule has 0 aliphatic heterocycles. The fourth-order valence-electron chi connectivity index (χ4n) is 1.41. The number of fused-ring (bicyclic) bond motifs is 1. The lowest BCUT2D eigenvalue weighted by molar-refractivity contribution is 0.609. The average Bonchev–Trinajstić information content (AvgIpc) is 2.46. The summed E-state index contributed by atoms with van der Waals surface area (Å²) in [4.78, 5) is 0.137. The van der Waals surface area contributed by atoms with Crippen molar-refractivity contribution in [1.29, 1.82) is 0 Å². The topological polar surface area (TPSA) is 39.1 Å². The van der Waals surface area contributed by atoms with Gasteiger partial charge < -0.3 is 4.57 Å². The monoisotopic (exact) mass is 229 g/mol. The Balaban J connectivity index is 2.76. The van der Waals surface area contributed by atoms with Crippen LogP contribution < -0.4 is 0 Å². The zero-order chi connectivity index (χ0) is 10.3. The lowest BCUT2D eigenvalue weighted by atomic mass is 10.2. The van der Waals surface area contributed by atoms with Crippen molar-refractivity contribution in [3.05, 3.63) is 30.5 Å². The van der Waals surface area contributed by atoms with E-state index in [9.17, 15) is 8.42 Å². The van der Waals surface area contributed by atoms with Gasteiger partial charge in [-0.15, -0.1) is 0 Å². The van der Waals surface area contributed by atoms with Gasteiger partial charge in [0.05, 0.1) is 4.90 Å². The van der Waals surface area contributed by atoms with E-state index in [2.05, 4.69) is 0 Å². The molecular formula is C9H8ClNO2S. The molecule has 0 atom stereocenters. The highest BCUT2D eigenvalue weighted by molar-refractivity contribution is 8.13. The van der Waals surface area contributed by atoms with Crippen molar-refractivity contribution < 1.29 is 8.42 Å². The number of benzene rings is 1. The van der Waals surface area contributed by atoms with E-state index in [1.54, 1.807) is 12.1 Å². The van der Waals surface area contributed by atoms with Crippen LogP contribution in [-0.2, 0) is 16.1 Å². The van der Waals surface area contributed by atoms with Crippen molar-refractivity contribution in [2.75, 3.05) is 0 Å². The Hall–Kier alpha value is -1.00. The minimum absolute atomic E-state index is 0.137. The van der Waals surface area contributed by atoms with Gasteiger partial charge >= 0.3 is 0 Å². The second kappa shape index (κ2) is 3.00. The number of hydrogen-bond donors (Lipinski definition) is 0. The van der Waals surface area contributed by atoms with E-state index < -0.39 is 9.05 Å². The maximum Gasteiger partial charge on any atom is 0.261 e. The second-order valence-corrected chi connectivity index (χ2v) is 5.65. The third-order valence-corrected chi connectivity index (χ3v) is 3.49. The van der Waals surface area contributed by atoms with Gasteiger partial charge in [-0.25, -0.2) is 8.42 Å². The fourth-order valence-corrected chi connectivity index (χ4v) is 2.20. The Morgan fingerprint density at radius 1 is 1.29 bits per heavy atom. The van der Waals surface area contributed by atoms with Crippen LogP contribution in [0.3, 0.4) is 0 Å². The first-order valence-electron chi connectivity index (χ1n) is 3.98. The molecule has 2 aromatic rings. The molecule has 0 fully saturated rings. The first-order valence-corrected chi connectivity index (χ1v) is 6.29. The van der Waals surface area contributed by atoms with Gasteiger partial charge in [-0.2, -0.15) is 0 Å². The molecule has 1 aromatic heterocycles. The summed E-state index contributed by atoms with van der Waals surface area (Å²) in [6.45, 7) is 0. The standard InChI is InChI=1S/C9H8ClNO2S/c1-11-5-4-7-6-8(14(10,12)13)2-3-9(7)11/h2-6H,1H3. The Labute approximate surface area is 86.3 Å². The number of rotatable bonds is 1. The highest BCUT2D eigenvalue weighted by Crippen LogP contribution is 2.21. The maximum atomic E-state index is 11.0. The molecule has 0 aliphatic rings. The molecule has 0 saturated heterocycles. The van der Waals surface area contributed by atoms with Gasteiger partial charge in [-0.3, -0.25) is 0 Å². The van der Waals surface area contributed by atoms with E-state index in [4.69, 9.17) is 10.7 Å². The van der Waals surface area contributed by atoms with Gasteiger partial charge in [0.25, 0.3) is 9.05 Å². The fraction of sp³-hybridized carbons (Fsp3) is 0.111. The van der Waals surface area contributed by atoms with Crippen LogP contribution in [0.5, 0.6) is 0 Å². The highest BCUT2D eigenvalue weighted by atomic mass is 35.7. The summed E-state index contributed by atoms with van der Waals surface area (Å²) in [7, 11) is 3.51. The molecule has 14 heavy (non-hydrogen) atoms. The normalized spacial score (nSPS) is 12.1. The third kappa shape index (κ3) is 1.51. The van der Waals surface area contributed by atoms with Crippen LogP contribution >= 0.6 is 10.7 Å². The van der Waals surface area contributed by atoms with E-state index in [-0.39, 0.29) is 4.90 Å². The van der Waals surface area contributed by atoms with Crippen molar-refractivity contribution in [1.82, 2.24) is 4.57 Å². The van der Waals surface area contributed by atoms with E-state index in [1.165, 1.54) is 6.07 Å². The minimum Gasteiger partial charge on any atom is -0.351 e. The number of halogens is 1. The van der Waals surface area contributed by atoms with Crippen LogP contribution in [0.1, 0.15) is 0 Å². The second-order valence-electron chi connectivity index (χ2n) is 3.09. The van der Waals surface area contributed by atoms with Crippen LogP contribution in [0, 0.1) is 0 Å². The van der Waals surface area contributed by atoms with Crippen molar-refractivity contribution >= 4 is 30.6 Å². The largest absolute Gasteiger partial charge is 0.351 e. The predicted octanol–water partition coefficient (Wildman–Crippen LogP) is 2.11. The Morgan fingerprint density at radius 3 is 2.64 bits per heavy atom. The van der Waals surface area contributed by atoms with Gasteiger partial charge in [0.2, 0.25) is 0 Å². The minimum atomic E-state index is -3.62. The smallest absolute Gasteiger partial charge is 0.261 e. The molecule has 0 bridgehead atoms. The predicted molar refractivity (Wildman–Crippen MR) is 56.0 cm³/mol. The van der Waals surface area contributed by atoms with Crippen molar-refractivity contribution in [3.8, 4) is 0 Å². The summed E-state index contributed by atoms with van der Waals surface area (Å²) < 4.78 is 24.0. The molecule has 0 unspecified atom stereocenters. The van der Waals surface area contributed by atoms with Crippen LogP contribution in [0.15, 0.2) is 35.4 Å².